The molecule has 0 radical (unpaired) electrons. The minimum Gasteiger partial charge on any atom is -0.383 e. The van der Waals surface area contributed by atoms with Crippen molar-refractivity contribution in [2.45, 2.75) is 12.7 Å². The SMILES string of the molecule is COCCNC(=O)CSCc1nc2scc(-c3ccc(C)cc3)c2c(=O)[nH]1. The number of carbonyl (C=O) groups is 1. The number of nitrogens with one attached hydrogen (secondary N) is 2. The van der Waals surface area contributed by atoms with E-state index in [4.69, 9.17) is 4.74 Å². The number of hydrogen-bond donors (Lipinski definition) is 2. The summed E-state index contributed by atoms with van der Waals surface area (Å²) in [5, 5.41) is 5.35. The van der Waals surface area contributed by atoms with E-state index in [2.05, 4.69) is 15.3 Å². The van der Waals surface area contributed by atoms with Crippen LogP contribution >= 0.6 is 23.1 Å². The fourth-order valence-corrected chi connectivity index (χ4v) is 4.28. The van der Waals surface area contributed by atoms with Gasteiger partial charge in [-0.05, 0) is 12.5 Å². The molecule has 0 aliphatic heterocycles. The molecule has 0 bridgehead atoms. The summed E-state index contributed by atoms with van der Waals surface area (Å²) in [6.07, 6.45) is 0. The third-order valence-electron chi connectivity index (χ3n) is 3.96. The lowest BCUT2D eigenvalue weighted by atomic mass is 10.1. The van der Waals surface area contributed by atoms with E-state index in [1.807, 2.05) is 36.6 Å². The van der Waals surface area contributed by atoms with Gasteiger partial charge in [0.2, 0.25) is 5.91 Å². The first-order valence-corrected chi connectivity index (χ1v) is 10.5. The van der Waals surface area contributed by atoms with Crippen LogP contribution in [0, 0.1) is 6.92 Å². The largest absolute Gasteiger partial charge is 0.383 e. The van der Waals surface area contributed by atoms with Gasteiger partial charge in [-0.1, -0.05) is 29.8 Å². The van der Waals surface area contributed by atoms with Crippen molar-refractivity contribution in [2.75, 3.05) is 26.0 Å². The zero-order chi connectivity index (χ0) is 19.2. The van der Waals surface area contributed by atoms with Gasteiger partial charge in [-0.2, -0.15) is 0 Å². The molecule has 0 fully saturated rings. The molecule has 8 heteroatoms. The molecule has 3 aromatic rings. The molecule has 0 saturated carbocycles. The fourth-order valence-electron chi connectivity index (χ4n) is 2.59. The van der Waals surface area contributed by atoms with Crippen molar-refractivity contribution in [3.05, 3.63) is 51.4 Å². The minimum atomic E-state index is -0.142. The summed E-state index contributed by atoms with van der Waals surface area (Å²) in [7, 11) is 1.59. The lowest BCUT2D eigenvalue weighted by molar-refractivity contribution is -0.118. The van der Waals surface area contributed by atoms with Crippen LogP contribution in [0.15, 0.2) is 34.4 Å². The van der Waals surface area contributed by atoms with Crippen LogP contribution in [0.3, 0.4) is 0 Å². The molecule has 1 amide bonds. The topological polar surface area (TPSA) is 84.1 Å². The maximum Gasteiger partial charge on any atom is 0.260 e. The molecule has 27 heavy (non-hydrogen) atoms. The van der Waals surface area contributed by atoms with Gasteiger partial charge in [0.1, 0.15) is 10.7 Å². The Morgan fingerprint density at radius 3 is 2.85 bits per heavy atom. The van der Waals surface area contributed by atoms with Crippen molar-refractivity contribution in [1.29, 1.82) is 0 Å². The van der Waals surface area contributed by atoms with Crippen LogP contribution in [0.25, 0.3) is 21.3 Å². The summed E-state index contributed by atoms with van der Waals surface area (Å²) >= 11 is 2.87. The third-order valence-corrected chi connectivity index (χ3v) is 5.77. The number of thioether (sulfide) groups is 1. The minimum absolute atomic E-state index is 0.0572. The Bertz CT molecular complexity index is 980. The second kappa shape index (κ2) is 9.16. The van der Waals surface area contributed by atoms with E-state index in [0.29, 0.717) is 35.9 Å². The smallest absolute Gasteiger partial charge is 0.260 e. The highest BCUT2D eigenvalue weighted by atomic mass is 32.2. The molecule has 0 aliphatic rings. The number of H-pyrrole nitrogens is 1. The van der Waals surface area contributed by atoms with Crippen LogP contribution in [-0.4, -0.2) is 41.9 Å². The molecular formula is C19H21N3O3S2. The Morgan fingerprint density at radius 2 is 2.11 bits per heavy atom. The number of hydrogen-bond acceptors (Lipinski definition) is 6. The standard InChI is InChI=1S/C19H21N3O3S2/c1-12-3-5-13(6-4-12)14-9-27-19-17(14)18(24)21-15(22-19)10-26-11-16(23)20-7-8-25-2/h3-6,9H,7-8,10-11H2,1-2H3,(H,20,23)(H,21,22,24). The van der Waals surface area contributed by atoms with Crippen LogP contribution in [0.1, 0.15) is 11.4 Å². The van der Waals surface area contributed by atoms with Crippen molar-refractivity contribution < 1.29 is 9.53 Å². The average Bonchev–Trinajstić information content (AvgIpc) is 3.07. The predicted molar refractivity (Wildman–Crippen MR) is 111 cm³/mol. The van der Waals surface area contributed by atoms with Gasteiger partial charge >= 0.3 is 0 Å². The summed E-state index contributed by atoms with van der Waals surface area (Å²) in [5.41, 5.74) is 2.95. The van der Waals surface area contributed by atoms with Crippen LogP contribution in [0.5, 0.6) is 0 Å². The number of methoxy groups -OCH3 is 1. The van der Waals surface area contributed by atoms with E-state index in [1.54, 1.807) is 7.11 Å². The lowest BCUT2D eigenvalue weighted by Crippen LogP contribution is -2.28. The monoisotopic (exact) mass is 403 g/mol. The van der Waals surface area contributed by atoms with Gasteiger partial charge < -0.3 is 15.0 Å². The summed E-state index contributed by atoms with van der Waals surface area (Å²) in [4.78, 5) is 32.4. The van der Waals surface area contributed by atoms with E-state index < -0.39 is 0 Å². The summed E-state index contributed by atoms with van der Waals surface area (Å²) in [6.45, 7) is 3.02. The average molecular weight is 404 g/mol. The molecule has 3 rings (SSSR count). The molecule has 0 atom stereocenters. The summed E-state index contributed by atoms with van der Waals surface area (Å²) < 4.78 is 4.89. The first-order valence-electron chi connectivity index (χ1n) is 8.49. The van der Waals surface area contributed by atoms with Crippen molar-refractivity contribution >= 4 is 39.2 Å². The maximum atomic E-state index is 12.6. The second-order valence-corrected chi connectivity index (χ2v) is 7.89. The number of nitrogens with zero attached hydrogens (tertiary/aromatic N) is 1. The molecule has 0 aliphatic carbocycles. The molecule has 0 spiro atoms. The van der Waals surface area contributed by atoms with Crippen LogP contribution in [0.2, 0.25) is 0 Å². The highest BCUT2D eigenvalue weighted by Crippen LogP contribution is 2.31. The number of ether oxygens (including phenoxy) is 1. The number of aromatic nitrogens is 2. The number of carbonyl (C=O) groups excluding carboxylic acids is 1. The fraction of sp³-hybridized carbons (Fsp3) is 0.316. The van der Waals surface area contributed by atoms with Crippen molar-refractivity contribution in [1.82, 2.24) is 15.3 Å². The highest BCUT2D eigenvalue weighted by Gasteiger charge is 2.13. The number of thiophene rings is 1. The zero-order valence-corrected chi connectivity index (χ0v) is 16.8. The van der Waals surface area contributed by atoms with Crippen molar-refractivity contribution in [3.63, 3.8) is 0 Å². The normalized spacial score (nSPS) is 11.0. The quantitative estimate of drug-likeness (QED) is 0.565. The van der Waals surface area contributed by atoms with Gasteiger partial charge in [-0.3, -0.25) is 9.59 Å². The van der Waals surface area contributed by atoms with Gasteiger partial charge in [0.05, 0.1) is 23.5 Å². The van der Waals surface area contributed by atoms with Gasteiger partial charge in [-0.25, -0.2) is 4.98 Å². The van der Waals surface area contributed by atoms with Gasteiger partial charge in [0.15, 0.2) is 0 Å². The predicted octanol–water partition coefficient (Wildman–Crippen LogP) is 2.96. The third kappa shape index (κ3) is 4.97. The van der Waals surface area contributed by atoms with Gasteiger partial charge in [0.25, 0.3) is 5.56 Å². The summed E-state index contributed by atoms with van der Waals surface area (Å²) in [6, 6.07) is 8.09. The van der Waals surface area contributed by atoms with Crippen molar-refractivity contribution in [3.8, 4) is 11.1 Å². The Kier molecular flexibility index (Phi) is 6.65. The molecule has 2 aromatic heterocycles. The van der Waals surface area contributed by atoms with Gasteiger partial charge in [-0.15, -0.1) is 23.1 Å². The van der Waals surface area contributed by atoms with Gasteiger partial charge in [0, 0.05) is 24.6 Å². The van der Waals surface area contributed by atoms with Crippen LogP contribution < -0.4 is 10.9 Å². The Labute approximate surface area is 165 Å². The molecule has 1 aromatic carbocycles. The van der Waals surface area contributed by atoms with Crippen LogP contribution in [0.4, 0.5) is 0 Å². The molecule has 142 valence electrons. The molecule has 2 N–H and O–H groups in total. The molecule has 0 saturated heterocycles. The first-order chi connectivity index (χ1) is 13.1. The van der Waals surface area contributed by atoms with E-state index in [1.165, 1.54) is 28.7 Å². The number of aromatic amines is 1. The van der Waals surface area contributed by atoms with E-state index in [-0.39, 0.29) is 11.5 Å². The Morgan fingerprint density at radius 1 is 1.33 bits per heavy atom. The Balaban J connectivity index is 1.70. The Hall–Kier alpha value is -2.16. The highest BCUT2D eigenvalue weighted by molar-refractivity contribution is 7.99. The molecule has 0 unspecified atom stereocenters. The molecule has 6 nitrogen and oxygen atoms in total. The number of aryl methyl sites for hydroxylation is 1. The first kappa shape index (κ1) is 19.6. The van der Waals surface area contributed by atoms with E-state index in [0.717, 1.165) is 16.0 Å². The second-order valence-electron chi connectivity index (χ2n) is 6.04. The summed E-state index contributed by atoms with van der Waals surface area (Å²) in [5.74, 6) is 1.31. The maximum absolute atomic E-state index is 12.6. The molecular weight excluding hydrogens is 382 g/mol. The van der Waals surface area contributed by atoms with E-state index in [9.17, 15) is 9.59 Å². The molecule has 2 heterocycles. The van der Waals surface area contributed by atoms with E-state index >= 15 is 0 Å². The number of fused-ring (bicyclic) bond motifs is 1. The number of benzene rings is 1. The number of amides is 1. The lowest BCUT2D eigenvalue weighted by Gasteiger charge is -2.05. The zero-order valence-electron chi connectivity index (χ0n) is 15.2. The number of rotatable bonds is 8. The van der Waals surface area contributed by atoms with Crippen molar-refractivity contribution in [2.24, 2.45) is 0 Å². The van der Waals surface area contributed by atoms with Crippen LogP contribution in [-0.2, 0) is 15.3 Å².